The van der Waals surface area contributed by atoms with Crippen LogP contribution in [0.2, 0.25) is 0 Å². The molecule has 0 aliphatic carbocycles. The number of hydrogen-bond donors (Lipinski definition) is 0. The summed E-state index contributed by atoms with van der Waals surface area (Å²) >= 11 is 5.07. The minimum absolute atomic E-state index is 0.968. The van der Waals surface area contributed by atoms with Gasteiger partial charge < -0.3 is 0 Å². The molecule has 0 unspecified atom stereocenters. The van der Waals surface area contributed by atoms with Crippen LogP contribution in [0.5, 0.6) is 0 Å². The van der Waals surface area contributed by atoms with Gasteiger partial charge in [-0.15, -0.1) is 9.97 Å². The van der Waals surface area contributed by atoms with Crippen LogP contribution in [0.1, 0.15) is 5.82 Å². The first kappa shape index (κ1) is 10.8. The maximum atomic E-state index is 4.53. The molecule has 0 aliphatic rings. The quantitative estimate of drug-likeness (QED) is 0.457. The van der Waals surface area contributed by atoms with Crippen LogP contribution in [-0.4, -0.2) is 16.2 Å². The fourth-order valence-electron chi connectivity index (χ4n) is 1.45. The highest BCUT2D eigenvalue weighted by Gasteiger charge is 2.15. The number of halogens is 1. The zero-order chi connectivity index (χ0) is 11.0. The smallest absolute Gasteiger partial charge is 0.233 e. The summed E-state index contributed by atoms with van der Waals surface area (Å²) in [7, 11) is 1.98. The molecule has 0 aromatic carbocycles. The minimum Gasteiger partial charge on any atom is -0.233 e. The van der Waals surface area contributed by atoms with Crippen LogP contribution in [0.3, 0.4) is 0 Å². The molecule has 0 saturated carbocycles. The summed E-state index contributed by atoms with van der Waals surface area (Å²) in [6.07, 6.45) is 3.84. The summed E-state index contributed by atoms with van der Waals surface area (Å²) in [5.41, 5.74) is 0.968. The average molecular weight is 285 g/mol. The van der Waals surface area contributed by atoms with Crippen molar-refractivity contribution in [2.75, 3.05) is 6.26 Å². The van der Waals surface area contributed by atoms with Crippen molar-refractivity contribution in [2.24, 2.45) is 7.05 Å². The standard InChI is InChI=1S/C10H11BrN3S/c1-6-13-10(15-3)8-4-7(11)5-12-9(8)14(6)2/h4-5H,1-3H3/q+1. The Morgan fingerprint density at radius 3 is 2.87 bits per heavy atom. The Balaban J connectivity index is 2.90. The number of aryl methyl sites for hydroxylation is 2. The molecular weight excluding hydrogens is 274 g/mol. The van der Waals surface area contributed by atoms with Crippen molar-refractivity contribution in [1.82, 2.24) is 9.97 Å². The van der Waals surface area contributed by atoms with Gasteiger partial charge in [-0.2, -0.15) is 0 Å². The second-order valence-electron chi connectivity index (χ2n) is 3.25. The molecule has 0 amide bonds. The van der Waals surface area contributed by atoms with Gasteiger partial charge in [0.2, 0.25) is 5.82 Å². The van der Waals surface area contributed by atoms with E-state index < -0.39 is 0 Å². The van der Waals surface area contributed by atoms with E-state index in [1.807, 2.05) is 31.0 Å². The summed E-state index contributed by atoms with van der Waals surface area (Å²) in [4.78, 5) is 8.94. The van der Waals surface area contributed by atoms with Gasteiger partial charge in [-0.25, -0.2) is 4.57 Å². The molecule has 2 heterocycles. The molecule has 0 saturated heterocycles. The van der Waals surface area contributed by atoms with E-state index in [9.17, 15) is 0 Å². The van der Waals surface area contributed by atoms with Crippen LogP contribution in [-0.2, 0) is 7.05 Å². The Labute approximate surface area is 101 Å². The lowest BCUT2D eigenvalue weighted by molar-refractivity contribution is -0.656. The molecule has 0 aliphatic heterocycles. The fraction of sp³-hybridized carbons (Fsp3) is 0.300. The number of nitrogens with zero attached hydrogens (tertiary/aromatic N) is 3. The van der Waals surface area contributed by atoms with Gasteiger partial charge in [-0.05, 0) is 28.3 Å². The van der Waals surface area contributed by atoms with Gasteiger partial charge in [0.15, 0.2) is 5.03 Å². The Bertz CT molecular complexity index is 528. The predicted octanol–water partition coefficient (Wildman–Crippen LogP) is 2.25. The first-order valence-corrected chi connectivity index (χ1v) is 6.51. The maximum Gasteiger partial charge on any atom is 0.273 e. The van der Waals surface area contributed by atoms with E-state index in [2.05, 4.69) is 32.0 Å². The first-order chi connectivity index (χ1) is 7.13. The van der Waals surface area contributed by atoms with Gasteiger partial charge in [0.05, 0.1) is 11.5 Å². The Morgan fingerprint density at radius 1 is 1.47 bits per heavy atom. The summed E-state index contributed by atoms with van der Waals surface area (Å²) in [6.45, 7) is 1.99. The Hall–Kier alpha value is -0.680. The maximum absolute atomic E-state index is 4.53. The monoisotopic (exact) mass is 284 g/mol. The third kappa shape index (κ3) is 1.86. The molecule has 0 fully saturated rings. The Kier molecular flexibility index (Phi) is 2.93. The lowest BCUT2D eigenvalue weighted by Crippen LogP contribution is -2.35. The largest absolute Gasteiger partial charge is 0.273 e. The molecule has 0 N–H and O–H groups in total. The topological polar surface area (TPSA) is 29.7 Å². The van der Waals surface area contributed by atoms with Crippen LogP contribution in [0.15, 0.2) is 21.8 Å². The van der Waals surface area contributed by atoms with Crippen molar-refractivity contribution in [3.8, 4) is 0 Å². The SMILES string of the molecule is CSc1nc(C)[n+](C)c2ncc(Br)cc12. The van der Waals surface area contributed by atoms with Gasteiger partial charge in [0.1, 0.15) is 11.6 Å². The van der Waals surface area contributed by atoms with Gasteiger partial charge >= 0.3 is 0 Å². The third-order valence-corrected chi connectivity index (χ3v) is 3.46. The van der Waals surface area contributed by atoms with E-state index in [0.29, 0.717) is 0 Å². The number of aromatic nitrogens is 3. The van der Waals surface area contributed by atoms with Crippen molar-refractivity contribution in [3.05, 3.63) is 22.6 Å². The first-order valence-electron chi connectivity index (χ1n) is 4.49. The molecule has 0 bridgehead atoms. The number of thioether (sulfide) groups is 1. The predicted molar refractivity (Wildman–Crippen MR) is 64.9 cm³/mol. The lowest BCUT2D eigenvalue weighted by Gasteiger charge is -2.02. The third-order valence-electron chi connectivity index (χ3n) is 2.32. The summed E-state index contributed by atoms with van der Waals surface area (Å²) in [5, 5.41) is 2.11. The van der Waals surface area contributed by atoms with Gasteiger partial charge in [-0.3, -0.25) is 0 Å². The van der Waals surface area contributed by atoms with Crippen LogP contribution in [0.4, 0.5) is 0 Å². The minimum atomic E-state index is 0.968. The molecule has 2 rings (SSSR count). The molecule has 2 aromatic heterocycles. The summed E-state index contributed by atoms with van der Waals surface area (Å²) < 4.78 is 2.98. The van der Waals surface area contributed by atoms with Gasteiger partial charge in [0.25, 0.3) is 5.65 Å². The van der Waals surface area contributed by atoms with E-state index in [0.717, 1.165) is 26.4 Å². The van der Waals surface area contributed by atoms with Crippen LogP contribution >= 0.6 is 27.7 Å². The number of rotatable bonds is 1. The number of hydrogen-bond acceptors (Lipinski definition) is 3. The van der Waals surface area contributed by atoms with Crippen molar-refractivity contribution in [1.29, 1.82) is 0 Å². The zero-order valence-corrected chi connectivity index (χ0v) is 11.2. The highest BCUT2D eigenvalue weighted by molar-refractivity contribution is 9.10. The molecular formula is C10H11BrN3S+. The highest BCUT2D eigenvalue weighted by Crippen LogP contribution is 2.23. The molecule has 3 nitrogen and oxygen atoms in total. The number of fused-ring (bicyclic) bond motifs is 1. The van der Waals surface area contributed by atoms with E-state index in [-0.39, 0.29) is 0 Å². The van der Waals surface area contributed by atoms with Crippen molar-refractivity contribution in [3.63, 3.8) is 0 Å². The van der Waals surface area contributed by atoms with Crippen LogP contribution < -0.4 is 4.57 Å². The molecule has 0 radical (unpaired) electrons. The Morgan fingerprint density at radius 2 is 2.20 bits per heavy atom. The molecule has 0 spiro atoms. The fourth-order valence-corrected chi connectivity index (χ4v) is 2.37. The van der Waals surface area contributed by atoms with Crippen molar-refractivity contribution >= 4 is 38.7 Å². The van der Waals surface area contributed by atoms with E-state index >= 15 is 0 Å². The van der Waals surface area contributed by atoms with Crippen LogP contribution in [0.25, 0.3) is 11.0 Å². The van der Waals surface area contributed by atoms with Crippen molar-refractivity contribution < 1.29 is 4.57 Å². The second kappa shape index (κ2) is 4.06. The van der Waals surface area contributed by atoms with Crippen LogP contribution in [0, 0.1) is 6.92 Å². The normalized spacial score (nSPS) is 10.9. The molecule has 0 atom stereocenters. The number of pyridine rings is 1. The molecule has 78 valence electrons. The lowest BCUT2D eigenvalue weighted by atomic mass is 10.3. The molecule has 5 heteroatoms. The second-order valence-corrected chi connectivity index (χ2v) is 4.96. The highest BCUT2D eigenvalue weighted by atomic mass is 79.9. The van der Waals surface area contributed by atoms with E-state index in [1.54, 1.807) is 11.8 Å². The van der Waals surface area contributed by atoms with E-state index in [4.69, 9.17) is 0 Å². The van der Waals surface area contributed by atoms with E-state index in [1.165, 1.54) is 0 Å². The summed E-state index contributed by atoms with van der Waals surface area (Å²) in [5.74, 6) is 0.974. The molecule has 2 aromatic rings. The molecule has 15 heavy (non-hydrogen) atoms. The average Bonchev–Trinajstić information content (AvgIpc) is 2.23. The van der Waals surface area contributed by atoms with Gasteiger partial charge in [0, 0.05) is 6.92 Å². The van der Waals surface area contributed by atoms with Gasteiger partial charge in [-0.1, -0.05) is 11.8 Å². The summed E-state index contributed by atoms with van der Waals surface area (Å²) in [6, 6.07) is 2.06. The van der Waals surface area contributed by atoms with Crippen molar-refractivity contribution in [2.45, 2.75) is 11.9 Å². The zero-order valence-electron chi connectivity index (χ0n) is 8.78.